The van der Waals surface area contributed by atoms with Gasteiger partial charge in [-0.2, -0.15) is 0 Å². The Labute approximate surface area is 212 Å². The van der Waals surface area contributed by atoms with Gasteiger partial charge in [0.25, 0.3) is 5.56 Å². The lowest BCUT2D eigenvalue weighted by Gasteiger charge is -2.26. The maximum absolute atomic E-state index is 13.7. The predicted octanol–water partition coefficient (Wildman–Crippen LogP) is 6.71. The number of hydrogen-bond donors (Lipinski definition) is 0. The maximum Gasteiger partial charge on any atom is 0.478 e. The number of aryl methyl sites for hydroxylation is 1. The molecule has 1 fully saturated rings. The number of phosphoric acid groups is 1. The minimum absolute atomic E-state index is 0.0391. The van der Waals surface area contributed by atoms with E-state index in [1.54, 1.807) is 6.92 Å². The summed E-state index contributed by atoms with van der Waals surface area (Å²) in [7, 11) is -4.06. The molecule has 192 valence electrons. The second-order valence-electron chi connectivity index (χ2n) is 9.17. The molecule has 2 aromatic carbocycles. The molecule has 0 spiro atoms. The van der Waals surface area contributed by atoms with Crippen molar-refractivity contribution in [1.29, 1.82) is 0 Å². The van der Waals surface area contributed by atoms with Gasteiger partial charge >= 0.3 is 7.82 Å². The van der Waals surface area contributed by atoms with E-state index in [-0.39, 0.29) is 18.1 Å². The topological polar surface area (TPSA) is 76.0 Å². The standard InChI is InChI=1S/C28H34NO6P/c1-22-18-27(26-16-10-5-11-17-26)29(28(30)19-22)32-21-34-36(31,33-20-24-12-6-3-7-13-24)35-23(2)25-14-8-4-9-15-25/h3-4,6-9,12-15,18-19,23,26H,5,10-11,16-17,20-21H2,1-2H3. The van der Waals surface area contributed by atoms with Crippen LogP contribution in [0.3, 0.4) is 0 Å². The van der Waals surface area contributed by atoms with E-state index >= 15 is 0 Å². The Kier molecular flexibility index (Phi) is 9.16. The van der Waals surface area contributed by atoms with Gasteiger partial charge in [-0.3, -0.25) is 13.8 Å². The highest BCUT2D eigenvalue weighted by atomic mass is 31.2. The summed E-state index contributed by atoms with van der Waals surface area (Å²) in [6.07, 6.45) is 4.91. The third-order valence-corrected chi connectivity index (χ3v) is 7.81. The van der Waals surface area contributed by atoms with Gasteiger partial charge in [0, 0.05) is 12.0 Å². The Morgan fingerprint density at radius 3 is 2.31 bits per heavy atom. The fourth-order valence-corrected chi connectivity index (χ4v) is 5.67. The van der Waals surface area contributed by atoms with Crippen molar-refractivity contribution in [2.24, 2.45) is 0 Å². The van der Waals surface area contributed by atoms with Crippen LogP contribution in [0.1, 0.15) is 73.4 Å². The SMILES string of the molecule is Cc1cc(C2CCCCC2)n(OCOP(=O)(OCc2ccccc2)OC(C)c2ccccc2)c(=O)c1. The predicted molar refractivity (Wildman–Crippen MR) is 139 cm³/mol. The van der Waals surface area contributed by atoms with Crippen molar-refractivity contribution in [3.05, 3.63) is 106 Å². The Morgan fingerprint density at radius 1 is 0.944 bits per heavy atom. The van der Waals surface area contributed by atoms with E-state index < -0.39 is 20.7 Å². The number of pyridine rings is 1. The normalized spacial score (nSPS) is 16.8. The van der Waals surface area contributed by atoms with E-state index in [2.05, 4.69) is 0 Å². The zero-order chi connectivity index (χ0) is 25.4. The molecular formula is C28H34NO6P. The Bertz CT molecular complexity index is 1210. The van der Waals surface area contributed by atoms with Crippen LogP contribution in [0, 0.1) is 6.92 Å². The molecule has 0 bridgehead atoms. The smallest absolute Gasteiger partial charge is 0.381 e. The molecule has 36 heavy (non-hydrogen) atoms. The molecule has 1 aliphatic carbocycles. The van der Waals surface area contributed by atoms with Crippen molar-refractivity contribution in [3.8, 4) is 0 Å². The number of phosphoric ester groups is 1. The first-order valence-electron chi connectivity index (χ1n) is 12.5. The summed E-state index contributed by atoms with van der Waals surface area (Å²) in [6.45, 7) is 3.26. The van der Waals surface area contributed by atoms with Gasteiger partial charge in [-0.25, -0.2) is 9.09 Å². The molecule has 1 saturated carbocycles. The molecule has 1 aromatic heterocycles. The van der Waals surface area contributed by atoms with E-state index in [4.69, 9.17) is 18.4 Å². The van der Waals surface area contributed by atoms with Crippen molar-refractivity contribution in [2.45, 2.75) is 64.6 Å². The lowest BCUT2D eigenvalue weighted by atomic mass is 9.86. The van der Waals surface area contributed by atoms with E-state index in [0.717, 1.165) is 48.1 Å². The molecule has 0 N–H and O–H groups in total. The highest BCUT2D eigenvalue weighted by Gasteiger charge is 2.31. The minimum Gasteiger partial charge on any atom is -0.381 e. The van der Waals surface area contributed by atoms with Gasteiger partial charge in [0.15, 0.2) is 0 Å². The van der Waals surface area contributed by atoms with E-state index in [9.17, 15) is 9.36 Å². The number of hydrogen-bond acceptors (Lipinski definition) is 6. The molecule has 0 saturated heterocycles. The fraction of sp³-hybridized carbons (Fsp3) is 0.393. The Morgan fingerprint density at radius 2 is 1.61 bits per heavy atom. The second-order valence-corrected chi connectivity index (χ2v) is 10.8. The molecule has 0 amide bonds. The molecule has 0 radical (unpaired) electrons. The second kappa shape index (κ2) is 12.5. The molecule has 7 nitrogen and oxygen atoms in total. The van der Waals surface area contributed by atoms with E-state index in [1.165, 1.54) is 17.2 Å². The summed E-state index contributed by atoms with van der Waals surface area (Å²) in [4.78, 5) is 18.5. The van der Waals surface area contributed by atoms with Gasteiger partial charge in [0.2, 0.25) is 6.79 Å². The minimum atomic E-state index is -4.06. The summed E-state index contributed by atoms with van der Waals surface area (Å²) < 4.78 is 32.0. The zero-order valence-electron chi connectivity index (χ0n) is 20.9. The first-order chi connectivity index (χ1) is 17.4. The lowest BCUT2D eigenvalue weighted by Crippen LogP contribution is -2.32. The Balaban J connectivity index is 1.49. The van der Waals surface area contributed by atoms with Gasteiger partial charge in [-0.05, 0) is 49.4 Å². The summed E-state index contributed by atoms with van der Waals surface area (Å²) in [5.74, 6) is 0.238. The summed E-state index contributed by atoms with van der Waals surface area (Å²) >= 11 is 0. The lowest BCUT2D eigenvalue weighted by molar-refractivity contribution is -0.0361. The van der Waals surface area contributed by atoms with Crippen LogP contribution in [-0.2, 0) is 24.7 Å². The summed E-state index contributed by atoms with van der Waals surface area (Å²) in [6, 6.07) is 22.3. The van der Waals surface area contributed by atoms with Crippen molar-refractivity contribution in [1.82, 2.24) is 4.73 Å². The van der Waals surface area contributed by atoms with Crippen LogP contribution in [0.15, 0.2) is 77.6 Å². The maximum atomic E-state index is 13.7. The molecule has 4 rings (SSSR count). The van der Waals surface area contributed by atoms with Crippen LogP contribution in [-0.4, -0.2) is 11.5 Å². The van der Waals surface area contributed by atoms with Crippen molar-refractivity contribution >= 4 is 7.82 Å². The van der Waals surface area contributed by atoms with Crippen LogP contribution in [0.2, 0.25) is 0 Å². The number of nitrogens with zero attached hydrogens (tertiary/aromatic N) is 1. The molecule has 2 atom stereocenters. The van der Waals surface area contributed by atoms with Gasteiger partial charge in [-0.15, -0.1) is 4.73 Å². The summed E-state index contributed by atoms with van der Waals surface area (Å²) in [5.41, 5.74) is 3.09. The first kappa shape index (κ1) is 26.4. The highest BCUT2D eigenvalue weighted by Crippen LogP contribution is 2.53. The quantitative estimate of drug-likeness (QED) is 0.210. The molecule has 2 unspecified atom stereocenters. The summed E-state index contributed by atoms with van der Waals surface area (Å²) in [5, 5.41) is 0. The third kappa shape index (κ3) is 7.17. The van der Waals surface area contributed by atoms with Gasteiger partial charge in [0.05, 0.1) is 18.4 Å². The number of aromatic nitrogens is 1. The van der Waals surface area contributed by atoms with Gasteiger partial charge < -0.3 is 4.84 Å². The number of rotatable bonds is 11. The molecule has 1 heterocycles. The average molecular weight is 512 g/mol. The van der Waals surface area contributed by atoms with E-state index in [0.29, 0.717) is 0 Å². The van der Waals surface area contributed by atoms with Crippen LogP contribution >= 0.6 is 7.82 Å². The number of benzene rings is 2. The third-order valence-electron chi connectivity index (χ3n) is 6.37. The van der Waals surface area contributed by atoms with E-state index in [1.807, 2.05) is 73.7 Å². The van der Waals surface area contributed by atoms with Crippen LogP contribution in [0.25, 0.3) is 0 Å². The van der Waals surface area contributed by atoms with Crippen molar-refractivity contribution in [2.75, 3.05) is 6.79 Å². The molecule has 8 heteroatoms. The van der Waals surface area contributed by atoms with Gasteiger partial charge in [0.1, 0.15) is 0 Å². The zero-order valence-corrected chi connectivity index (χ0v) is 21.8. The largest absolute Gasteiger partial charge is 0.478 e. The highest BCUT2D eigenvalue weighted by molar-refractivity contribution is 7.48. The van der Waals surface area contributed by atoms with Crippen LogP contribution in [0.5, 0.6) is 0 Å². The fourth-order valence-electron chi connectivity index (χ4n) is 4.48. The van der Waals surface area contributed by atoms with Crippen molar-refractivity contribution < 1.29 is 23.0 Å². The first-order valence-corrected chi connectivity index (χ1v) is 13.9. The molecule has 1 aliphatic rings. The monoisotopic (exact) mass is 511 g/mol. The van der Waals surface area contributed by atoms with Gasteiger partial charge in [-0.1, -0.05) is 79.9 Å². The van der Waals surface area contributed by atoms with Crippen molar-refractivity contribution in [3.63, 3.8) is 0 Å². The molecular weight excluding hydrogens is 477 g/mol. The average Bonchev–Trinajstić information content (AvgIpc) is 2.90. The van der Waals surface area contributed by atoms with Crippen LogP contribution < -0.4 is 10.4 Å². The Hall–Kier alpha value is -2.70. The molecule has 3 aromatic rings. The van der Waals surface area contributed by atoms with Crippen LogP contribution in [0.4, 0.5) is 0 Å². The molecule has 0 aliphatic heterocycles.